The van der Waals surface area contributed by atoms with Crippen LogP contribution in [0.5, 0.6) is 0 Å². The van der Waals surface area contributed by atoms with Gasteiger partial charge in [-0.2, -0.15) is 0 Å². The van der Waals surface area contributed by atoms with Crippen LogP contribution in [0.4, 0.5) is 17.1 Å². The number of aryl methyl sites for hydroxylation is 3. The number of nitro groups is 1. The van der Waals surface area contributed by atoms with E-state index in [1.807, 2.05) is 6.92 Å². The SMILES string of the molecule is Cc1ccc(S(=O)(=O)N(CC(=O)Nc2cc([N+](=O)[O-])ccc2C)c2ccccc2C)cc1. The molecule has 0 aromatic heterocycles. The van der Waals surface area contributed by atoms with E-state index in [0.29, 0.717) is 16.8 Å². The number of benzene rings is 3. The van der Waals surface area contributed by atoms with Crippen molar-refractivity contribution >= 4 is 33.0 Å². The molecule has 0 spiro atoms. The molecule has 0 aliphatic heterocycles. The zero-order chi connectivity index (χ0) is 23.5. The van der Waals surface area contributed by atoms with Gasteiger partial charge in [-0.15, -0.1) is 0 Å². The molecule has 0 radical (unpaired) electrons. The van der Waals surface area contributed by atoms with Crippen molar-refractivity contribution in [1.82, 2.24) is 0 Å². The number of sulfonamides is 1. The van der Waals surface area contributed by atoms with Gasteiger partial charge in [0.1, 0.15) is 6.54 Å². The van der Waals surface area contributed by atoms with E-state index in [2.05, 4.69) is 5.32 Å². The summed E-state index contributed by atoms with van der Waals surface area (Å²) in [5.41, 5.74) is 2.66. The highest BCUT2D eigenvalue weighted by atomic mass is 32.2. The van der Waals surface area contributed by atoms with Crippen LogP contribution in [0.3, 0.4) is 0 Å². The van der Waals surface area contributed by atoms with E-state index < -0.39 is 27.4 Å². The lowest BCUT2D eigenvalue weighted by Crippen LogP contribution is -2.38. The Hall–Kier alpha value is -3.72. The first-order chi connectivity index (χ1) is 15.1. The summed E-state index contributed by atoms with van der Waals surface area (Å²) in [4.78, 5) is 23.5. The Bertz CT molecular complexity index is 1270. The van der Waals surface area contributed by atoms with E-state index in [4.69, 9.17) is 0 Å². The van der Waals surface area contributed by atoms with Crippen LogP contribution in [-0.4, -0.2) is 25.8 Å². The molecule has 0 fully saturated rings. The van der Waals surface area contributed by atoms with Crippen molar-refractivity contribution < 1.29 is 18.1 Å². The number of nitrogens with zero attached hydrogens (tertiary/aromatic N) is 2. The summed E-state index contributed by atoms with van der Waals surface area (Å²) < 4.78 is 28.0. The van der Waals surface area contributed by atoms with Gasteiger partial charge in [0.15, 0.2) is 0 Å². The van der Waals surface area contributed by atoms with Gasteiger partial charge in [0.05, 0.1) is 21.2 Å². The van der Waals surface area contributed by atoms with E-state index >= 15 is 0 Å². The molecule has 1 amide bonds. The summed E-state index contributed by atoms with van der Waals surface area (Å²) in [6.45, 7) is 4.81. The second-order valence-corrected chi connectivity index (χ2v) is 9.28. The van der Waals surface area contributed by atoms with Gasteiger partial charge in [-0.05, 0) is 50.1 Å². The van der Waals surface area contributed by atoms with Crippen LogP contribution in [0.15, 0.2) is 71.6 Å². The lowest BCUT2D eigenvalue weighted by atomic mass is 10.2. The summed E-state index contributed by atoms with van der Waals surface area (Å²) in [5.74, 6) is -0.618. The van der Waals surface area contributed by atoms with Gasteiger partial charge in [-0.1, -0.05) is 42.0 Å². The molecular formula is C23H23N3O5S. The first kappa shape index (κ1) is 23.0. The number of carbonyl (C=O) groups excluding carboxylic acids is 1. The molecule has 0 saturated heterocycles. The van der Waals surface area contributed by atoms with E-state index in [0.717, 1.165) is 9.87 Å². The molecule has 1 N–H and O–H groups in total. The number of nitro benzene ring substituents is 1. The van der Waals surface area contributed by atoms with Crippen molar-refractivity contribution in [2.24, 2.45) is 0 Å². The second-order valence-electron chi connectivity index (χ2n) is 7.42. The third kappa shape index (κ3) is 4.94. The van der Waals surface area contributed by atoms with Gasteiger partial charge in [-0.25, -0.2) is 8.42 Å². The molecule has 8 nitrogen and oxygen atoms in total. The van der Waals surface area contributed by atoms with Gasteiger partial charge < -0.3 is 5.32 Å². The summed E-state index contributed by atoms with van der Waals surface area (Å²) in [6.07, 6.45) is 0. The topological polar surface area (TPSA) is 110 Å². The molecule has 9 heteroatoms. The first-order valence-corrected chi connectivity index (χ1v) is 11.2. The maximum Gasteiger partial charge on any atom is 0.271 e. The molecule has 3 aromatic rings. The number of nitrogens with one attached hydrogen (secondary N) is 1. The summed E-state index contributed by atoms with van der Waals surface area (Å²) in [7, 11) is -4.05. The minimum absolute atomic E-state index is 0.0608. The third-order valence-corrected chi connectivity index (χ3v) is 6.76. The van der Waals surface area contributed by atoms with Crippen LogP contribution in [0.25, 0.3) is 0 Å². The number of non-ortho nitro benzene ring substituents is 1. The largest absolute Gasteiger partial charge is 0.324 e. The Morgan fingerprint density at radius 1 is 0.969 bits per heavy atom. The molecule has 0 heterocycles. The fourth-order valence-electron chi connectivity index (χ4n) is 3.16. The van der Waals surface area contributed by atoms with Crippen molar-refractivity contribution in [2.45, 2.75) is 25.7 Å². The van der Waals surface area contributed by atoms with Crippen molar-refractivity contribution in [3.63, 3.8) is 0 Å². The lowest BCUT2D eigenvalue weighted by molar-refractivity contribution is -0.384. The van der Waals surface area contributed by atoms with Crippen LogP contribution in [0.1, 0.15) is 16.7 Å². The molecular weight excluding hydrogens is 430 g/mol. The highest BCUT2D eigenvalue weighted by Crippen LogP contribution is 2.27. The van der Waals surface area contributed by atoms with Gasteiger partial charge in [0.2, 0.25) is 5.91 Å². The van der Waals surface area contributed by atoms with Crippen LogP contribution in [0.2, 0.25) is 0 Å². The molecule has 0 atom stereocenters. The quantitative estimate of drug-likeness (QED) is 0.422. The fraction of sp³-hybridized carbons (Fsp3) is 0.174. The minimum atomic E-state index is -4.05. The number of para-hydroxylation sites is 1. The number of rotatable bonds is 7. The Morgan fingerprint density at radius 3 is 2.25 bits per heavy atom. The van der Waals surface area contributed by atoms with E-state index in [1.54, 1.807) is 50.2 Å². The second kappa shape index (κ2) is 9.19. The number of anilines is 2. The Kier molecular flexibility index (Phi) is 6.59. The number of carbonyl (C=O) groups is 1. The zero-order valence-corrected chi connectivity index (χ0v) is 18.7. The lowest BCUT2D eigenvalue weighted by Gasteiger charge is -2.25. The Labute approximate surface area is 186 Å². The normalized spacial score (nSPS) is 11.1. The molecule has 0 bridgehead atoms. The predicted molar refractivity (Wildman–Crippen MR) is 123 cm³/mol. The summed E-state index contributed by atoms with van der Waals surface area (Å²) in [6, 6.07) is 17.4. The zero-order valence-electron chi connectivity index (χ0n) is 17.9. The van der Waals surface area contributed by atoms with Crippen molar-refractivity contribution in [3.05, 3.63) is 93.5 Å². The van der Waals surface area contributed by atoms with Crippen LogP contribution in [0, 0.1) is 30.9 Å². The number of hydrogen-bond donors (Lipinski definition) is 1. The average molecular weight is 454 g/mol. The van der Waals surface area contributed by atoms with Crippen molar-refractivity contribution in [3.8, 4) is 0 Å². The van der Waals surface area contributed by atoms with Crippen molar-refractivity contribution in [1.29, 1.82) is 0 Å². The maximum atomic E-state index is 13.5. The van der Waals surface area contributed by atoms with Gasteiger partial charge in [-0.3, -0.25) is 19.2 Å². The molecule has 0 aliphatic rings. The molecule has 0 aliphatic carbocycles. The van der Waals surface area contributed by atoms with E-state index in [-0.39, 0.29) is 16.3 Å². The molecule has 166 valence electrons. The van der Waals surface area contributed by atoms with Gasteiger partial charge in [0.25, 0.3) is 15.7 Å². The van der Waals surface area contributed by atoms with E-state index in [9.17, 15) is 23.3 Å². The smallest absolute Gasteiger partial charge is 0.271 e. The first-order valence-electron chi connectivity index (χ1n) is 9.79. The highest BCUT2D eigenvalue weighted by Gasteiger charge is 2.28. The average Bonchev–Trinajstić information content (AvgIpc) is 2.74. The molecule has 0 unspecified atom stereocenters. The fourth-order valence-corrected chi connectivity index (χ4v) is 4.64. The van der Waals surface area contributed by atoms with Crippen LogP contribution < -0.4 is 9.62 Å². The van der Waals surface area contributed by atoms with E-state index in [1.165, 1.54) is 30.3 Å². The summed E-state index contributed by atoms with van der Waals surface area (Å²) in [5, 5.41) is 13.7. The monoisotopic (exact) mass is 453 g/mol. The highest BCUT2D eigenvalue weighted by molar-refractivity contribution is 7.92. The molecule has 32 heavy (non-hydrogen) atoms. The number of hydrogen-bond acceptors (Lipinski definition) is 5. The number of amides is 1. The predicted octanol–water partition coefficient (Wildman–Crippen LogP) is 4.35. The standard InChI is InChI=1S/C23H23N3O5S/c1-16-8-12-20(13-9-16)32(30,31)25(22-7-5-4-6-18(22)3)15-23(27)24-21-14-19(26(28)29)11-10-17(21)2/h4-14H,15H2,1-3H3,(H,24,27). The summed E-state index contributed by atoms with van der Waals surface area (Å²) >= 11 is 0. The molecule has 3 rings (SSSR count). The van der Waals surface area contributed by atoms with Crippen molar-refractivity contribution in [2.75, 3.05) is 16.2 Å². The van der Waals surface area contributed by atoms with Crippen LogP contribution in [-0.2, 0) is 14.8 Å². The third-order valence-electron chi connectivity index (χ3n) is 4.99. The minimum Gasteiger partial charge on any atom is -0.324 e. The van der Waals surface area contributed by atoms with Gasteiger partial charge in [0, 0.05) is 12.1 Å². The Balaban J connectivity index is 1.98. The van der Waals surface area contributed by atoms with Gasteiger partial charge >= 0.3 is 0 Å². The Morgan fingerprint density at radius 2 is 1.62 bits per heavy atom. The maximum absolute atomic E-state index is 13.5. The van der Waals surface area contributed by atoms with Crippen LogP contribution >= 0.6 is 0 Å². The molecule has 0 saturated carbocycles. The molecule has 3 aromatic carbocycles.